The first-order valence-electron chi connectivity index (χ1n) is 12.0. The van der Waals surface area contributed by atoms with Crippen LogP contribution in [0.4, 0.5) is 0 Å². The van der Waals surface area contributed by atoms with Gasteiger partial charge in [-0.05, 0) is 19.1 Å². The molecule has 2 aromatic carbocycles. The molecule has 0 unspecified atom stereocenters. The molecule has 1 saturated heterocycles. The molecule has 40 heavy (non-hydrogen) atoms. The van der Waals surface area contributed by atoms with Crippen LogP contribution in [0.25, 0.3) is 0 Å². The summed E-state index contributed by atoms with van der Waals surface area (Å²) in [7, 11) is 0. The van der Waals surface area contributed by atoms with Crippen LogP contribution in [0, 0.1) is 0 Å². The monoisotopic (exact) mass is 560 g/mol. The van der Waals surface area contributed by atoms with Gasteiger partial charge in [-0.3, -0.25) is 19.2 Å². The van der Waals surface area contributed by atoms with E-state index < -0.39 is 72.7 Å². The van der Waals surface area contributed by atoms with Crippen molar-refractivity contribution < 1.29 is 62.6 Å². The lowest BCUT2D eigenvalue weighted by Gasteiger charge is -2.42. The molecule has 0 aromatic heterocycles. The summed E-state index contributed by atoms with van der Waals surface area (Å²) in [6.45, 7) is 3.90. The quantitative estimate of drug-likeness (QED) is 0.196. The fourth-order valence-electron chi connectivity index (χ4n) is 3.93. The zero-order chi connectivity index (χ0) is 29.6. The van der Waals surface area contributed by atoms with Gasteiger partial charge in [0.2, 0.25) is 6.29 Å². The summed E-state index contributed by atoms with van der Waals surface area (Å²) in [6, 6.07) is 10.1. The van der Waals surface area contributed by atoms with Crippen molar-refractivity contribution in [3.05, 3.63) is 53.6 Å². The number of ether oxygens (including phenoxy) is 6. The first kappa shape index (κ1) is 30.1. The Bertz CT molecular complexity index is 1270. The van der Waals surface area contributed by atoms with E-state index in [0.29, 0.717) is 0 Å². The van der Waals surface area contributed by atoms with E-state index >= 15 is 0 Å². The predicted molar refractivity (Wildman–Crippen MR) is 133 cm³/mol. The molecule has 0 spiro atoms. The Morgan fingerprint density at radius 2 is 1.50 bits per heavy atom. The first-order valence-corrected chi connectivity index (χ1v) is 12.0. The molecule has 0 radical (unpaired) electrons. The van der Waals surface area contributed by atoms with Gasteiger partial charge in [0, 0.05) is 32.9 Å². The summed E-state index contributed by atoms with van der Waals surface area (Å²) < 4.78 is 32.2. The van der Waals surface area contributed by atoms with Gasteiger partial charge in [0.25, 0.3) is 0 Å². The third-order valence-electron chi connectivity index (χ3n) is 5.54. The highest BCUT2D eigenvalue weighted by Gasteiger charge is 2.51. The van der Waals surface area contributed by atoms with Crippen LogP contribution in [0.1, 0.15) is 48.4 Å². The number of carbonyl (C=O) groups excluding carboxylic acids is 5. The van der Waals surface area contributed by atoms with E-state index in [9.17, 15) is 34.2 Å². The molecule has 1 aliphatic rings. The van der Waals surface area contributed by atoms with Crippen molar-refractivity contribution in [1.29, 1.82) is 0 Å². The smallest absolute Gasteiger partial charge is 0.343 e. The standard InChI is InChI=1S/C27H28O13/c1-13(28)22-19(32)10-18(38-26(34)17-8-6-5-7-9-17)11-20(22)39-27-23(33)25(37-16(4)31)24(36-15(3)30)21(40-27)12-35-14(2)29/h5-11,21,23-25,27,32-33H,12H2,1-4H3/t21-,23+,24+,25-,27+/m0/s1. The van der Waals surface area contributed by atoms with Gasteiger partial charge in [-0.15, -0.1) is 0 Å². The number of phenols is 1. The number of rotatable bonds is 9. The third-order valence-corrected chi connectivity index (χ3v) is 5.54. The minimum absolute atomic E-state index is 0.206. The Morgan fingerprint density at radius 3 is 2.08 bits per heavy atom. The zero-order valence-corrected chi connectivity index (χ0v) is 22.0. The Morgan fingerprint density at radius 1 is 0.875 bits per heavy atom. The van der Waals surface area contributed by atoms with E-state index in [1.54, 1.807) is 18.2 Å². The molecule has 0 amide bonds. The number of hydrogen-bond acceptors (Lipinski definition) is 13. The van der Waals surface area contributed by atoms with Gasteiger partial charge < -0.3 is 38.6 Å². The van der Waals surface area contributed by atoms with Crippen LogP contribution in [0.3, 0.4) is 0 Å². The number of phenolic OH excluding ortho intramolecular Hbond substituents is 1. The molecule has 5 atom stereocenters. The van der Waals surface area contributed by atoms with Gasteiger partial charge in [-0.1, -0.05) is 18.2 Å². The molecule has 2 N–H and O–H groups in total. The molecule has 13 nitrogen and oxygen atoms in total. The molecule has 0 saturated carbocycles. The van der Waals surface area contributed by atoms with E-state index in [1.165, 1.54) is 12.1 Å². The Balaban J connectivity index is 1.98. The number of esters is 4. The van der Waals surface area contributed by atoms with Gasteiger partial charge >= 0.3 is 23.9 Å². The van der Waals surface area contributed by atoms with Gasteiger partial charge in [0.05, 0.1) is 5.56 Å². The lowest BCUT2D eigenvalue weighted by atomic mass is 9.98. The van der Waals surface area contributed by atoms with Crippen molar-refractivity contribution in [1.82, 2.24) is 0 Å². The molecule has 1 heterocycles. The molecular formula is C27H28O13. The minimum Gasteiger partial charge on any atom is -0.507 e. The summed E-state index contributed by atoms with van der Waals surface area (Å²) >= 11 is 0. The highest BCUT2D eigenvalue weighted by atomic mass is 16.7. The molecule has 2 aromatic rings. The summed E-state index contributed by atoms with van der Waals surface area (Å²) in [5.74, 6) is -4.92. The van der Waals surface area contributed by atoms with Crippen molar-refractivity contribution in [3.8, 4) is 17.2 Å². The molecular weight excluding hydrogens is 532 g/mol. The highest BCUT2D eigenvalue weighted by molar-refractivity contribution is 6.00. The molecule has 13 heteroatoms. The predicted octanol–water partition coefficient (Wildman–Crippen LogP) is 1.71. The number of aliphatic hydroxyl groups is 1. The average Bonchev–Trinajstić information content (AvgIpc) is 2.86. The van der Waals surface area contributed by atoms with Gasteiger partial charge in [-0.2, -0.15) is 0 Å². The molecule has 214 valence electrons. The highest BCUT2D eigenvalue weighted by Crippen LogP contribution is 2.37. The van der Waals surface area contributed by atoms with Crippen LogP contribution in [-0.2, 0) is 33.3 Å². The van der Waals surface area contributed by atoms with Crippen LogP contribution in [0.5, 0.6) is 17.2 Å². The normalized spacial score (nSPS) is 22.0. The number of aromatic hydroxyl groups is 1. The Hall–Kier alpha value is -4.49. The van der Waals surface area contributed by atoms with Crippen molar-refractivity contribution >= 4 is 29.7 Å². The minimum atomic E-state index is -1.81. The number of hydrogen-bond donors (Lipinski definition) is 2. The largest absolute Gasteiger partial charge is 0.507 e. The third kappa shape index (κ3) is 7.55. The molecule has 1 aliphatic heterocycles. The number of carbonyl (C=O) groups is 5. The van der Waals surface area contributed by atoms with Crippen LogP contribution in [0.15, 0.2) is 42.5 Å². The fraction of sp³-hybridized carbons (Fsp3) is 0.370. The molecule has 1 fully saturated rings. The van der Waals surface area contributed by atoms with Crippen LogP contribution >= 0.6 is 0 Å². The second-order valence-corrected chi connectivity index (χ2v) is 8.73. The number of benzene rings is 2. The summed E-state index contributed by atoms with van der Waals surface area (Å²) in [5, 5.41) is 21.6. The van der Waals surface area contributed by atoms with Crippen molar-refractivity contribution in [2.24, 2.45) is 0 Å². The van der Waals surface area contributed by atoms with Crippen LogP contribution < -0.4 is 9.47 Å². The van der Waals surface area contributed by atoms with Gasteiger partial charge in [0.15, 0.2) is 24.1 Å². The maximum atomic E-state index is 12.5. The van der Waals surface area contributed by atoms with Crippen molar-refractivity contribution in [3.63, 3.8) is 0 Å². The topological polar surface area (TPSA) is 181 Å². The Kier molecular flexibility index (Phi) is 9.80. The van der Waals surface area contributed by atoms with E-state index in [4.69, 9.17) is 28.4 Å². The maximum absolute atomic E-state index is 12.5. The lowest BCUT2D eigenvalue weighted by molar-refractivity contribution is -0.285. The zero-order valence-electron chi connectivity index (χ0n) is 22.0. The second-order valence-electron chi connectivity index (χ2n) is 8.73. The van der Waals surface area contributed by atoms with Crippen molar-refractivity contribution in [2.45, 2.75) is 58.4 Å². The van der Waals surface area contributed by atoms with Gasteiger partial charge in [-0.25, -0.2) is 4.79 Å². The van der Waals surface area contributed by atoms with Gasteiger partial charge in [0.1, 0.15) is 35.5 Å². The summed E-state index contributed by atoms with van der Waals surface area (Å²) in [6.07, 6.45) is -7.77. The average molecular weight is 561 g/mol. The fourth-order valence-corrected chi connectivity index (χ4v) is 3.93. The second kappa shape index (κ2) is 13.0. The first-order chi connectivity index (χ1) is 18.9. The van der Waals surface area contributed by atoms with Crippen LogP contribution in [0.2, 0.25) is 0 Å². The maximum Gasteiger partial charge on any atom is 0.343 e. The van der Waals surface area contributed by atoms with E-state index in [1.807, 2.05) is 0 Å². The summed E-state index contributed by atoms with van der Waals surface area (Å²) in [5.41, 5.74) is -0.127. The van der Waals surface area contributed by atoms with E-state index in [0.717, 1.165) is 39.8 Å². The lowest BCUT2D eigenvalue weighted by Crippen LogP contribution is -2.62. The number of ketones is 1. The number of Topliss-reactive ketones (excluding diaryl/α,β-unsaturated/α-hetero) is 1. The Labute approximate surface area is 228 Å². The van der Waals surface area contributed by atoms with E-state index in [2.05, 4.69) is 0 Å². The van der Waals surface area contributed by atoms with Crippen molar-refractivity contribution in [2.75, 3.05) is 6.61 Å². The van der Waals surface area contributed by atoms with Crippen LogP contribution in [-0.4, -0.2) is 77.2 Å². The molecule has 0 bridgehead atoms. The number of aliphatic hydroxyl groups excluding tert-OH is 1. The molecule has 0 aliphatic carbocycles. The molecule has 3 rings (SSSR count). The summed E-state index contributed by atoms with van der Waals surface area (Å²) in [4.78, 5) is 59.9. The van der Waals surface area contributed by atoms with E-state index in [-0.39, 0.29) is 22.6 Å². The SMILES string of the molecule is CC(=O)OC[C@@H]1O[C@@H](Oc2cc(OC(=O)c3ccccc3)cc(O)c2C(C)=O)[C@H](O)[C@H](OC(C)=O)[C@@H]1OC(C)=O.